The van der Waals surface area contributed by atoms with Crippen molar-refractivity contribution in [1.29, 1.82) is 0 Å². The van der Waals surface area contributed by atoms with Gasteiger partial charge in [-0.05, 0) is 25.0 Å². The minimum atomic E-state index is -0.424. The van der Waals surface area contributed by atoms with E-state index >= 15 is 0 Å². The Balaban J connectivity index is 2.71. The van der Waals surface area contributed by atoms with Gasteiger partial charge in [-0.15, -0.1) is 0 Å². The van der Waals surface area contributed by atoms with Gasteiger partial charge in [-0.2, -0.15) is 0 Å². The molecule has 98 valence electrons. The molecule has 0 bridgehead atoms. The van der Waals surface area contributed by atoms with Crippen LogP contribution in [0.4, 0.5) is 10.5 Å². The maximum atomic E-state index is 11.7. The molecule has 0 aliphatic carbocycles. The molecule has 0 aliphatic heterocycles. The summed E-state index contributed by atoms with van der Waals surface area (Å²) in [5.41, 5.74) is 6.48. The van der Waals surface area contributed by atoms with Crippen LogP contribution in [0.15, 0.2) is 24.3 Å². The quantitative estimate of drug-likeness (QED) is 0.741. The van der Waals surface area contributed by atoms with Gasteiger partial charge in [0.15, 0.2) is 0 Å². The van der Waals surface area contributed by atoms with Crippen molar-refractivity contribution < 1.29 is 9.59 Å². The first-order chi connectivity index (χ1) is 8.52. The van der Waals surface area contributed by atoms with E-state index in [1.165, 1.54) is 0 Å². The summed E-state index contributed by atoms with van der Waals surface area (Å²) in [5, 5.41) is 5.52. The van der Waals surface area contributed by atoms with Crippen LogP contribution in [0.3, 0.4) is 0 Å². The Hall–Kier alpha value is -2.04. The van der Waals surface area contributed by atoms with Gasteiger partial charge in [-0.3, -0.25) is 4.79 Å². The van der Waals surface area contributed by atoms with Crippen LogP contribution in [0.5, 0.6) is 0 Å². The van der Waals surface area contributed by atoms with Gasteiger partial charge in [0.1, 0.15) is 0 Å². The second-order valence-electron chi connectivity index (χ2n) is 4.21. The molecule has 4 N–H and O–H groups in total. The van der Waals surface area contributed by atoms with Crippen molar-refractivity contribution in [2.75, 3.05) is 5.32 Å². The number of hydrogen-bond donors (Lipinski definition) is 3. The number of nitrogens with two attached hydrogens (primary N) is 1. The maximum absolute atomic E-state index is 11.7. The number of carbonyl (C=O) groups is 2. The maximum Gasteiger partial charge on any atom is 0.319 e. The van der Waals surface area contributed by atoms with Crippen molar-refractivity contribution in [3.05, 3.63) is 29.8 Å². The van der Waals surface area contributed by atoms with Crippen molar-refractivity contribution in [1.82, 2.24) is 5.32 Å². The number of amides is 3. The Bertz CT molecular complexity index is 432. The van der Waals surface area contributed by atoms with Crippen LogP contribution < -0.4 is 16.4 Å². The predicted octanol–water partition coefficient (Wildman–Crippen LogP) is 1.63. The lowest BCUT2D eigenvalue weighted by Crippen LogP contribution is -2.35. The molecular formula is C13H19N3O2. The molecule has 0 heterocycles. The van der Waals surface area contributed by atoms with Crippen LogP contribution >= 0.6 is 0 Å². The molecule has 1 aromatic carbocycles. The number of nitrogens with one attached hydrogen (secondary N) is 2. The largest absolute Gasteiger partial charge is 0.369 e. The van der Waals surface area contributed by atoms with E-state index in [1.807, 2.05) is 13.8 Å². The van der Waals surface area contributed by atoms with Crippen molar-refractivity contribution in [2.24, 2.45) is 5.73 Å². The molecule has 3 amide bonds. The fourth-order valence-corrected chi connectivity index (χ4v) is 1.47. The number of hydrogen-bond acceptors (Lipinski definition) is 2. The zero-order valence-corrected chi connectivity index (χ0v) is 10.7. The lowest BCUT2D eigenvalue weighted by Gasteiger charge is -2.14. The van der Waals surface area contributed by atoms with Gasteiger partial charge in [-0.1, -0.05) is 25.1 Å². The lowest BCUT2D eigenvalue weighted by molar-refractivity contribution is -0.117. The fourth-order valence-electron chi connectivity index (χ4n) is 1.47. The molecule has 0 saturated carbocycles. The lowest BCUT2D eigenvalue weighted by atomic mass is 10.1. The Kier molecular flexibility index (Phi) is 5.17. The van der Waals surface area contributed by atoms with Crippen LogP contribution in [0.2, 0.25) is 0 Å². The second kappa shape index (κ2) is 6.64. The molecule has 0 radical (unpaired) electrons. The summed E-state index contributed by atoms with van der Waals surface area (Å²) in [6.07, 6.45) is 0.968. The van der Waals surface area contributed by atoms with Gasteiger partial charge in [-0.25, -0.2) is 4.79 Å². The standard InChI is InChI=1S/C13H19N3O2/c1-3-9(2)15-13(18)16-11-7-5-4-6-10(11)8-12(14)17/h4-7,9H,3,8H2,1-2H3,(H2,14,17)(H2,15,16,18)/t9-/m1/s1. The Morgan fingerprint density at radius 1 is 1.33 bits per heavy atom. The predicted molar refractivity (Wildman–Crippen MR) is 71.2 cm³/mol. The van der Waals surface area contributed by atoms with Gasteiger partial charge < -0.3 is 16.4 Å². The molecule has 18 heavy (non-hydrogen) atoms. The van der Waals surface area contributed by atoms with E-state index in [-0.39, 0.29) is 18.5 Å². The highest BCUT2D eigenvalue weighted by Gasteiger charge is 2.09. The van der Waals surface area contributed by atoms with Crippen molar-refractivity contribution in [3.8, 4) is 0 Å². The number of benzene rings is 1. The molecule has 0 aromatic heterocycles. The summed E-state index contributed by atoms with van der Waals surface area (Å²) in [6, 6.07) is 6.94. The van der Waals surface area contributed by atoms with Crippen LogP contribution in [0.1, 0.15) is 25.8 Å². The van der Waals surface area contributed by atoms with E-state index in [0.717, 1.165) is 6.42 Å². The number of rotatable bonds is 5. The average Bonchev–Trinajstić information content (AvgIpc) is 2.30. The molecule has 0 aliphatic rings. The van der Waals surface area contributed by atoms with E-state index in [4.69, 9.17) is 5.73 Å². The van der Waals surface area contributed by atoms with E-state index < -0.39 is 5.91 Å². The number of para-hydroxylation sites is 1. The third kappa shape index (κ3) is 4.45. The van der Waals surface area contributed by atoms with Crippen molar-refractivity contribution >= 4 is 17.6 Å². The van der Waals surface area contributed by atoms with Gasteiger partial charge in [0.2, 0.25) is 5.91 Å². The Labute approximate surface area is 107 Å². The monoisotopic (exact) mass is 249 g/mol. The third-order valence-electron chi connectivity index (χ3n) is 2.62. The first-order valence-corrected chi connectivity index (χ1v) is 5.96. The van der Waals surface area contributed by atoms with Crippen molar-refractivity contribution in [3.63, 3.8) is 0 Å². The normalized spacial score (nSPS) is 11.7. The SMILES string of the molecule is CC[C@@H](C)NC(=O)Nc1ccccc1CC(N)=O. The highest BCUT2D eigenvalue weighted by molar-refractivity contribution is 5.91. The molecule has 0 unspecified atom stereocenters. The number of anilines is 1. The minimum Gasteiger partial charge on any atom is -0.369 e. The zero-order valence-electron chi connectivity index (χ0n) is 10.7. The Morgan fingerprint density at radius 2 is 2.00 bits per heavy atom. The van der Waals surface area contributed by atoms with Crippen LogP contribution in [0, 0.1) is 0 Å². The van der Waals surface area contributed by atoms with Gasteiger partial charge >= 0.3 is 6.03 Å². The van der Waals surface area contributed by atoms with E-state index in [9.17, 15) is 9.59 Å². The minimum absolute atomic E-state index is 0.105. The summed E-state index contributed by atoms with van der Waals surface area (Å²) in [7, 11) is 0. The smallest absolute Gasteiger partial charge is 0.319 e. The van der Waals surface area contributed by atoms with E-state index in [1.54, 1.807) is 24.3 Å². The van der Waals surface area contributed by atoms with Crippen molar-refractivity contribution in [2.45, 2.75) is 32.7 Å². The molecule has 5 nitrogen and oxygen atoms in total. The highest BCUT2D eigenvalue weighted by Crippen LogP contribution is 2.15. The molecule has 5 heteroatoms. The van der Waals surface area contributed by atoms with E-state index in [0.29, 0.717) is 11.3 Å². The van der Waals surface area contributed by atoms with Crippen LogP contribution in [-0.4, -0.2) is 18.0 Å². The zero-order chi connectivity index (χ0) is 13.5. The van der Waals surface area contributed by atoms with E-state index in [2.05, 4.69) is 10.6 Å². The molecule has 1 rings (SSSR count). The molecular weight excluding hydrogens is 230 g/mol. The number of urea groups is 1. The summed E-state index contributed by atoms with van der Waals surface area (Å²) in [6.45, 7) is 3.92. The Morgan fingerprint density at radius 3 is 2.61 bits per heavy atom. The molecule has 1 aromatic rings. The second-order valence-corrected chi connectivity index (χ2v) is 4.21. The third-order valence-corrected chi connectivity index (χ3v) is 2.62. The van der Waals surface area contributed by atoms with Gasteiger partial charge in [0.25, 0.3) is 0 Å². The van der Waals surface area contributed by atoms with Crippen LogP contribution in [0.25, 0.3) is 0 Å². The highest BCUT2D eigenvalue weighted by atomic mass is 16.2. The fraction of sp³-hybridized carbons (Fsp3) is 0.385. The first-order valence-electron chi connectivity index (χ1n) is 5.96. The summed E-state index contributed by atoms with van der Waals surface area (Å²) >= 11 is 0. The summed E-state index contributed by atoms with van der Waals surface area (Å²) < 4.78 is 0. The molecule has 0 saturated heterocycles. The van der Waals surface area contributed by atoms with Gasteiger partial charge in [0.05, 0.1) is 6.42 Å². The summed E-state index contributed by atoms with van der Waals surface area (Å²) in [5.74, 6) is -0.424. The first kappa shape index (κ1) is 14.0. The molecule has 1 atom stereocenters. The van der Waals surface area contributed by atoms with Gasteiger partial charge in [0, 0.05) is 11.7 Å². The van der Waals surface area contributed by atoms with Crippen LogP contribution in [-0.2, 0) is 11.2 Å². The molecule has 0 spiro atoms. The summed E-state index contributed by atoms with van der Waals surface area (Å²) in [4.78, 5) is 22.6. The average molecular weight is 249 g/mol. The molecule has 0 fully saturated rings. The number of primary amides is 1. The number of carbonyl (C=O) groups excluding carboxylic acids is 2. The topological polar surface area (TPSA) is 84.2 Å².